The molecule has 7 heteroatoms. The van der Waals surface area contributed by atoms with Gasteiger partial charge in [0.2, 0.25) is 0 Å². The number of nitrogens with two attached hydrogens (primary N) is 2. The Morgan fingerprint density at radius 3 is 2.80 bits per heavy atom. The largest absolute Gasteiger partial charge is 0.397 e. The van der Waals surface area contributed by atoms with E-state index in [1.165, 1.54) is 12.3 Å². The number of nitrogens with zero attached hydrogens (tertiary/aromatic N) is 1. The maximum Gasteiger partial charge on any atom is 0.255 e. The second kappa shape index (κ2) is 4.54. The smallest absolute Gasteiger partial charge is 0.255 e. The molecule has 0 fully saturated rings. The lowest BCUT2D eigenvalue weighted by atomic mass is 10.2. The first-order valence-corrected chi connectivity index (χ1v) is 4.08. The Morgan fingerprint density at radius 1 is 1.60 bits per heavy atom. The van der Waals surface area contributed by atoms with Gasteiger partial charge in [-0.1, -0.05) is 0 Å². The van der Waals surface area contributed by atoms with Crippen LogP contribution in [-0.4, -0.2) is 23.9 Å². The van der Waals surface area contributed by atoms with Crippen LogP contribution < -0.4 is 16.8 Å². The quantitative estimate of drug-likeness (QED) is 0.680. The number of halogens is 2. The Labute approximate surface area is 84.5 Å². The zero-order valence-electron chi connectivity index (χ0n) is 7.71. The SMILES string of the molecule is NC(=O)c1cc(N)cnc1NCC(F)F. The number of hydrogen-bond donors (Lipinski definition) is 3. The van der Waals surface area contributed by atoms with Crippen molar-refractivity contribution in [1.29, 1.82) is 0 Å². The molecule has 0 aliphatic rings. The van der Waals surface area contributed by atoms with Gasteiger partial charge < -0.3 is 16.8 Å². The minimum atomic E-state index is -2.54. The molecule has 0 unspecified atom stereocenters. The maximum absolute atomic E-state index is 11.9. The van der Waals surface area contributed by atoms with E-state index in [4.69, 9.17) is 11.5 Å². The summed E-state index contributed by atoms with van der Waals surface area (Å²) in [4.78, 5) is 14.6. The summed E-state index contributed by atoms with van der Waals surface area (Å²) in [7, 11) is 0. The highest BCUT2D eigenvalue weighted by Gasteiger charge is 2.11. The third kappa shape index (κ3) is 3.04. The number of amides is 1. The molecule has 0 spiro atoms. The first kappa shape index (κ1) is 11.2. The van der Waals surface area contributed by atoms with E-state index in [9.17, 15) is 13.6 Å². The number of carbonyl (C=O) groups is 1. The number of nitrogen functional groups attached to an aromatic ring is 1. The number of rotatable bonds is 4. The number of primary amides is 1. The van der Waals surface area contributed by atoms with E-state index in [2.05, 4.69) is 10.3 Å². The zero-order valence-corrected chi connectivity index (χ0v) is 7.71. The van der Waals surface area contributed by atoms with Crippen LogP contribution in [0.3, 0.4) is 0 Å². The van der Waals surface area contributed by atoms with Gasteiger partial charge in [-0.25, -0.2) is 13.8 Å². The molecular weight excluding hydrogens is 206 g/mol. The number of nitrogens with one attached hydrogen (secondary N) is 1. The van der Waals surface area contributed by atoms with Crippen molar-refractivity contribution in [3.8, 4) is 0 Å². The topological polar surface area (TPSA) is 94.0 Å². The molecule has 5 N–H and O–H groups in total. The van der Waals surface area contributed by atoms with Gasteiger partial charge in [-0.15, -0.1) is 0 Å². The van der Waals surface area contributed by atoms with Crippen molar-refractivity contribution in [3.05, 3.63) is 17.8 Å². The van der Waals surface area contributed by atoms with Crippen LogP contribution in [0.15, 0.2) is 12.3 Å². The Balaban J connectivity index is 2.91. The van der Waals surface area contributed by atoms with Crippen molar-refractivity contribution in [2.24, 2.45) is 5.73 Å². The normalized spacial score (nSPS) is 10.3. The summed E-state index contributed by atoms with van der Waals surface area (Å²) in [5, 5.41) is 2.30. The molecule has 1 aromatic heterocycles. The lowest BCUT2D eigenvalue weighted by molar-refractivity contribution is 0.100. The van der Waals surface area contributed by atoms with Gasteiger partial charge in [-0.05, 0) is 6.07 Å². The molecule has 1 heterocycles. The first-order chi connectivity index (χ1) is 7.00. The van der Waals surface area contributed by atoms with Crippen LogP contribution in [0.2, 0.25) is 0 Å². The fourth-order valence-electron chi connectivity index (χ4n) is 0.983. The molecule has 5 nitrogen and oxygen atoms in total. The van der Waals surface area contributed by atoms with E-state index in [1.54, 1.807) is 0 Å². The average molecular weight is 216 g/mol. The van der Waals surface area contributed by atoms with E-state index < -0.39 is 18.9 Å². The summed E-state index contributed by atoms with van der Waals surface area (Å²) in [5.74, 6) is -0.761. The second-order valence-electron chi connectivity index (χ2n) is 2.80. The highest BCUT2D eigenvalue weighted by molar-refractivity contribution is 5.98. The zero-order chi connectivity index (χ0) is 11.4. The molecule has 0 saturated heterocycles. The summed E-state index contributed by atoms with van der Waals surface area (Å²) in [6.07, 6.45) is -1.29. The first-order valence-electron chi connectivity index (χ1n) is 4.08. The molecule has 0 aromatic carbocycles. The van der Waals surface area contributed by atoms with Crippen LogP contribution in [0.1, 0.15) is 10.4 Å². The summed E-state index contributed by atoms with van der Waals surface area (Å²) in [6.45, 7) is -0.600. The lowest BCUT2D eigenvalue weighted by Gasteiger charge is -2.08. The minimum Gasteiger partial charge on any atom is -0.397 e. The standard InChI is InChI=1S/C8H10F2N4O/c9-6(10)3-14-8-5(7(12)15)1-4(11)2-13-8/h1-2,6H,3,11H2,(H2,12,15)(H,13,14). The Hall–Kier alpha value is -1.92. The molecule has 0 aliphatic heterocycles. The third-order valence-electron chi connectivity index (χ3n) is 1.60. The fourth-order valence-corrected chi connectivity index (χ4v) is 0.983. The molecule has 15 heavy (non-hydrogen) atoms. The molecular formula is C8H10F2N4O. The van der Waals surface area contributed by atoms with Crippen LogP contribution >= 0.6 is 0 Å². The van der Waals surface area contributed by atoms with Gasteiger partial charge in [0, 0.05) is 0 Å². The maximum atomic E-state index is 11.9. The van der Waals surface area contributed by atoms with Crippen molar-refractivity contribution in [3.63, 3.8) is 0 Å². The third-order valence-corrected chi connectivity index (χ3v) is 1.60. The monoisotopic (exact) mass is 216 g/mol. The number of carbonyl (C=O) groups excluding carboxylic acids is 1. The fraction of sp³-hybridized carbons (Fsp3) is 0.250. The van der Waals surface area contributed by atoms with Gasteiger partial charge >= 0.3 is 0 Å². The predicted octanol–water partition coefficient (Wildman–Crippen LogP) is 0.440. The summed E-state index contributed by atoms with van der Waals surface area (Å²) in [5.41, 5.74) is 10.6. The Bertz CT molecular complexity index is 370. The predicted molar refractivity (Wildman–Crippen MR) is 51.7 cm³/mol. The highest BCUT2D eigenvalue weighted by Crippen LogP contribution is 2.14. The Kier molecular flexibility index (Phi) is 3.37. The molecule has 1 rings (SSSR count). The van der Waals surface area contributed by atoms with Gasteiger partial charge in [-0.2, -0.15) is 0 Å². The van der Waals surface area contributed by atoms with Crippen molar-refractivity contribution < 1.29 is 13.6 Å². The highest BCUT2D eigenvalue weighted by atomic mass is 19.3. The van der Waals surface area contributed by atoms with Crippen molar-refractivity contribution in [2.45, 2.75) is 6.43 Å². The van der Waals surface area contributed by atoms with Crippen LogP contribution in [0.4, 0.5) is 20.3 Å². The number of aromatic nitrogens is 1. The summed E-state index contributed by atoms with van der Waals surface area (Å²) < 4.78 is 23.8. The van der Waals surface area contributed by atoms with E-state index in [0.29, 0.717) is 0 Å². The number of alkyl halides is 2. The number of hydrogen-bond acceptors (Lipinski definition) is 4. The second-order valence-corrected chi connectivity index (χ2v) is 2.80. The van der Waals surface area contributed by atoms with Crippen LogP contribution in [-0.2, 0) is 0 Å². The van der Waals surface area contributed by atoms with Gasteiger partial charge in [0.15, 0.2) is 0 Å². The van der Waals surface area contributed by atoms with Crippen molar-refractivity contribution in [2.75, 3.05) is 17.6 Å². The molecule has 1 aromatic rings. The summed E-state index contributed by atoms with van der Waals surface area (Å²) >= 11 is 0. The number of anilines is 2. The van der Waals surface area contributed by atoms with E-state index in [0.717, 1.165) is 0 Å². The van der Waals surface area contributed by atoms with Crippen LogP contribution in [0, 0.1) is 0 Å². The lowest BCUT2D eigenvalue weighted by Crippen LogP contribution is -2.18. The van der Waals surface area contributed by atoms with Crippen LogP contribution in [0.25, 0.3) is 0 Å². The molecule has 0 bridgehead atoms. The van der Waals surface area contributed by atoms with E-state index in [-0.39, 0.29) is 17.1 Å². The van der Waals surface area contributed by atoms with Gasteiger partial charge in [0.1, 0.15) is 5.82 Å². The number of pyridine rings is 1. The van der Waals surface area contributed by atoms with Crippen LogP contribution in [0.5, 0.6) is 0 Å². The van der Waals surface area contributed by atoms with Crippen molar-refractivity contribution in [1.82, 2.24) is 4.98 Å². The van der Waals surface area contributed by atoms with E-state index in [1.807, 2.05) is 0 Å². The molecule has 82 valence electrons. The van der Waals surface area contributed by atoms with E-state index >= 15 is 0 Å². The molecule has 0 saturated carbocycles. The average Bonchev–Trinajstić information content (AvgIpc) is 2.15. The molecule has 1 amide bonds. The summed E-state index contributed by atoms with van der Waals surface area (Å²) in [6, 6.07) is 1.28. The molecule has 0 atom stereocenters. The van der Waals surface area contributed by atoms with Gasteiger partial charge in [0.25, 0.3) is 12.3 Å². The van der Waals surface area contributed by atoms with Gasteiger partial charge in [0.05, 0.1) is 24.0 Å². The van der Waals surface area contributed by atoms with Crippen molar-refractivity contribution >= 4 is 17.4 Å². The molecule has 0 aliphatic carbocycles. The minimum absolute atomic E-state index is 0.00403. The van der Waals surface area contributed by atoms with Gasteiger partial charge in [-0.3, -0.25) is 4.79 Å². The Morgan fingerprint density at radius 2 is 2.27 bits per heavy atom. The molecule has 0 radical (unpaired) electrons.